The van der Waals surface area contributed by atoms with Crippen LogP contribution in [0.2, 0.25) is 0 Å². The van der Waals surface area contributed by atoms with E-state index in [4.69, 9.17) is 0 Å². The average Bonchev–Trinajstić information content (AvgIpc) is 3.08. The molecule has 0 atom stereocenters. The Morgan fingerprint density at radius 1 is 1.04 bits per heavy atom. The van der Waals surface area contributed by atoms with E-state index in [0.29, 0.717) is 0 Å². The second-order valence-electron chi connectivity index (χ2n) is 4.90. The lowest BCUT2D eigenvalue weighted by molar-refractivity contribution is 0.786. The molecule has 128 valence electrons. The largest absolute Gasteiger partial charge is 0.357 e. The van der Waals surface area contributed by atoms with Crippen LogP contribution in [0.5, 0.6) is 0 Å². The van der Waals surface area contributed by atoms with E-state index in [9.17, 15) is 0 Å². The van der Waals surface area contributed by atoms with E-state index in [-0.39, 0.29) is 24.0 Å². The molecule has 0 aliphatic heterocycles. The highest BCUT2D eigenvalue weighted by Gasteiger charge is 2.01. The quantitative estimate of drug-likeness (QED) is 0.375. The van der Waals surface area contributed by atoms with E-state index in [2.05, 4.69) is 43.3 Å². The predicted octanol–water partition coefficient (Wildman–Crippen LogP) is 3.17. The molecule has 2 N–H and O–H groups in total. The van der Waals surface area contributed by atoms with Crippen LogP contribution in [0.15, 0.2) is 15.8 Å². The van der Waals surface area contributed by atoms with Crippen molar-refractivity contribution in [3.05, 3.63) is 32.2 Å². The van der Waals surface area contributed by atoms with Gasteiger partial charge in [0.15, 0.2) is 5.96 Å². The molecule has 0 bridgehead atoms. The van der Waals surface area contributed by atoms with Crippen LogP contribution in [-0.4, -0.2) is 35.6 Å². The monoisotopic (exact) mass is 465 g/mol. The van der Waals surface area contributed by atoms with Crippen molar-refractivity contribution in [1.82, 2.24) is 20.6 Å². The van der Waals surface area contributed by atoms with Gasteiger partial charge in [-0.05, 0) is 20.8 Å². The minimum Gasteiger partial charge on any atom is -0.357 e. The van der Waals surface area contributed by atoms with Gasteiger partial charge in [-0.15, -0.1) is 46.7 Å². The van der Waals surface area contributed by atoms with Gasteiger partial charge in [0, 0.05) is 43.2 Å². The summed E-state index contributed by atoms with van der Waals surface area (Å²) >= 11 is 3.39. The number of aryl methyl sites for hydroxylation is 2. The van der Waals surface area contributed by atoms with Gasteiger partial charge >= 0.3 is 0 Å². The minimum atomic E-state index is 0. The number of guanidine groups is 1. The Kier molecular flexibility index (Phi) is 9.65. The number of nitrogens with zero attached hydrogens (tertiary/aromatic N) is 3. The van der Waals surface area contributed by atoms with Gasteiger partial charge in [-0.2, -0.15) is 0 Å². The zero-order valence-corrected chi connectivity index (χ0v) is 17.7. The van der Waals surface area contributed by atoms with Crippen molar-refractivity contribution in [1.29, 1.82) is 0 Å². The lowest BCUT2D eigenvalue weighted by Gasteiger charge is -2.10. The number of rotatable bonds is 7. The molecule has 0 saturated heterocycles. The number of aliphatic imine (C=N–C) groups is 1. The summed E-state index contributed by atoms with van der Waals surface area (Å²) in [4.78, 5) is 13.5. The summed E-state index contributed by atoms with van der Waals surface area (Å²) in [5, 5.41) is 13.1. The molecule has 0 radical (unpaired) electrons. The highest BCUT2D eigenvalue weighted by atomic mass is 127. The van der Waals surface area contributed by atoms with Crippen LogP contribution in [0.4, 0.5) is 0 Å². The van der Waals surface area contributed by atoms with Gasteiger partial charge in [0.25, 0.3) is 0 Å². The molecule has 8 heteroatoms. The van der Waals surface area contributed by atoms with Crippen LogP contribution in [0.25, 0.3) is 0 Å². The molecule has 2 aromatic rings. The van der Waals surface area contributed by atoms with Crippen LogP contribution >= 0.6 is 46.7 Å². The fraction of sp³-hybridized carbons (Fsp3) is 0.533. The Bertz CT molecular complexity index is 609. The molecule has 5 nitrogen and oxygen atoms in total. The van der Waals surface area contributed by atoms with Crippen molar-refractivity contribution >= 4 is 52.6 Å². The Labute approximate surface area is 163 Å². The molecular weight excluding hydrogens is 441 g/mol. The van der Waals surface area contributed by atoms with E-state index in [1.165, 1.54) is 0 Å². The number of thiazole rings is 2. The number of hydrogen-bond donors (Lipinski definition) is 2. The summed E-state index contributed by atoms with van der Waals surface area (Å²) in [5.74, 6) is 0.862. The molecule has 2 rings (SSSR count). The molecular formula is C15H24IN5S2. The summed E-state index contributed by atoms with van der Waals surface area (Å²) in [5.41, 5.74) is 2.27. The summed E-state index contributed by atoms with van der Waals surface area (Å²) in [7, 11) is 0. The number of halogens is 1. The summed E-state index contributed by atoms with van der Waals surface area (Å²) < 4.78 is 0. The maximum atomic E-state index is 4.60. The second-order valence-corrected chi connectivity index (χ2v) is 7.03. The van der Waals surface area contributed by atoms with Crippen LogP contribution < -0.4 is 10.6 Å². The third-order valence-corrected chi connectivity index (χ3v) is 4.63. The molecule has 2 aromatic heterocycles. The van der Waals surface area contributed by atoms with E-state index in [1.54, 1.807) is 22.7 Å². The third kappa shape index (κ3) is 7.58. The summed E-state index contributed by atoms with van der Waals surface area (Å²) in [6.45, 7) is 8.58. The molecule has 0 spiro atoms. The van der Waals surface area contributed by atoms with E-state index < -0.39 is 0 Å². The lowest BCUT2D eigenvalue weighted by Crippen LogP contribution is -2.38. The van der Waals surface area contributed by atoms with Gasteiger partial charge in [0.1, 0.15) is 0 Å². The van der Waals surface area contributed by atoms with Gasteiger partial charge in [-0.25, -0.2) is 9.97 Å². The maximum Gasteiger partial charge on any atom is 0.191 e. The second kappa shape index (κ2) is 10.9. The summed E-state index contributed by atoms with van der Waals surface area (Å²) in [6, 6.07) is 0. The molecule has 0 aromatic carbocycles. The van der Waals surface area contributed by atoms with Crippen molar-refractivity contribution in [2.45, 2.75) is 33.6 Å². The van der Waals surface area contributed by atoms with E-state index >= 15 is 0 Å². The third-order valence-electron chi connectivity index (χ3n) is 2.99. The number of hydrogen-bond acceptors (Lipinski definition) is 5. The van der Waals surface area contributed by atoms with Crippen molar-refractivity contribution in [3.63, 3.8) is 0 Å². The topological polar surface area (TPSA) is 62.2 Å². The van der Waals surface area contributed by atoms with E-state index in [1.807, 2.05) is 13.8 Å². The van der Waals surface area contributed by atoms with Crippen LogP contribution in [0, 0.1) is 13.8 Å². The number of nitrogens with one attached hydrogen (secondary N) is 2. The average molecular weight is 465 g/mol. The first kappa shape index (κ1) is 20.3. The van der Waals surface area contributed by atoms with E-state index in [0.717, 1.165) is 59.8 Å². The molecule has 0 aliphatic rings. The first-order chi connectivity index (χ1) is 10.7. The molecule has 23 heavy (non-hydrogen) atoms. The van der Waals surface area contributed by atoms with Crippen molar-refractivity contribution in [3.8, 4) is 0 Å². The smallest absolute Gasteiger partial charge is 0.191 e. The lowest BCUT2D eigenvalue weighted by atomic mass is 10.3. The zero-order valence-electron chi connectivity index (χ0n) is 13.8. The minimum absolute atomic E-state index is 0. The van der Waals surface area contributed by atoms with Crippen LogP contribution in [0.3, 0.4) is 0 Å². The van der Waals surface area contributed by atoms with Gasteiger partial charge in [-0.1, -0.05) is 0 Å². The maximum absolute atomic E-state index is 4.60. The fourth-order valence-electron chi connectivity index (χ4n) is 1.98. The Morgan fingerprint density at radius 2 is 1.65 bits per heavy atom. The van der Waals surface area contributed by atoms with Crippen molar-refractivity contribution in [2.75, 3.05) is 19.6 Å². The Hall–Kier alpha value is -0.740. The standard InChI is InChI=1S/C15H23N5S2.HI/c1-4-16-15(17-7-5-13-9-21-11(2)19-13)18-8-6-14-10-22-12(3)20-14;/h9-10H,4-8H2,1-3H3,(H2,16,17,18);1H. The van der Waals surface area contributed by atoms with Gasteiger partial charge < -0.3 is 10.6 Å². The predicted molar refractivity (Wildman–Crippen MR) is 111 cm³/mol. The number of aromatic nitrogens is 2. The van der Waals surface area contributed by atoms with Gasteiger partial charge in [-0.3, -0.25) is 4.99 Å². The molecule has 0 unspecified atom stereocenters. The molecule has 0 fully saturated rings. The normalized spacial score (nSPS) is 11.2. The Morgan fingerprint density at radius 3 is 2.17 bits per heavy atom. The molecule has 0 amide bonds. The fourth-order valence-corrected chi connectivity index (χ4v) is 3.27. The molecule has 2 heterocycles. The Balaban J connectivity index is 0.00000264. The van der Waals surface area contributed by atoms with Gasteiger partial charge in [0.2, 0.25) is 0 Å². The SMILES string of the molecule is CCNC(=NCCc1csc(C)n1)NCCc1csc(C)n1.I. The zero-order chi connectivity index (χ0) is 15.8. The van der Waals surface area contributed by atoms with Crippen LogP contribution in [-0.2, 0) is 12.8 Å². The highest BCUT2D eigenvalue weighted by Crippen LogP contribution is 2.08. The van der Waals surface area contributed by atoms with Crippen molar-refractivity contribution in [2.24, 2.45) is 4.99 Å². The first-order valence-electron chi connectivity index (χ1n) is 7.51. The first-order valence-corrected chi connectivity index (χ1v) is 9.27. The van der Waals surface area contributed by atoms with Gasteiger partial charge in [0.05, 0.1) is 21.4 Å². The van der Waals surface area contributed by atoms with Crippen LogP contribution in [0.1, 0.15) is 28.3 Å². The molecule has 0 saturated carbocycles. The molecule has 0 aliphatic carbocycles. The summed E-state index contributed by atoms with van der Waals surface area (Å²) in [6.07, 6.45) is 1.80. The highest BCUT2D eigenvalue weighted by molar-refractivity contribution is 14.0. The van der Waals surface area contributed by atoms with Crippen molar-refractivity contribution < 1.29 is 0 Å².